The first-order valence-corrected chi connectivity index (χ1v) is 13.1. The Balaban J connectivity index is 1.67. The SMILES string of the molecule is CCc1c(F)cc2nc3c(c4c2c1SC[C@@H]4NC(=O)CO)Cn1c-3cc2c(c1=O)COC(=O)[C@]2(O)CC. The molecule has 0 saturated carbocycles. The van der Waals surface area contributed by atoms with Gasteiger partial charge >= 0.3 is 5.97 Å². The summed E-state index contributed by atoms with van der Waals surface area (Å²) in [4.78, 5) is 43.8. The third-order valence-electron chi connectivity index (χ3n) is 7.60. The number of thioether (sulfide) groups is 1. The number of nitrogens with one attached hydrogen (secondary N) is 1. The predicted molar refractivity (Wildman–Crippen MR) is 133 cm³/mol. The molecule has 6 rings (SSSR count). The molecule has 37 heavy (non-hydrogen) atoms. The fourth-order valence-corrected chi connectivity index (χ4v) is 7.09. The van der Waals surface area contributed by atoms with Crippen molar-refractivity contribution in [2.24, 2.45) is 0 Å². The van der Waals surface area contributed by atoms with Crippen LogP contribution in [0.1, 0.15) is 54.1 Å². The van der Waals surface area contributed by atoms with Crippen LogP contribution in [0.15, 0.2) is 21.8 Å². The highest BCUT2D eigenvalue weighted by Gasteiger charge is 2.46. The summed E-state index contributed by atoms with van der Waals surface area (Å²) in [6, 6.07) is 2.48. The lowest BCUT2D eigenvalue weighted by molar-refractivity contribution is -0.172. The van der Waals surface area contributed by atoms with E-state index in [2.05, 4.69) is 5.32 Å². The minimum Gasteiger partial charge on any atom is -0.458 e. The molecule has 11 heteroatoms. The number of cyclic esters (lactones) is 1. The summed E-state index contributed by atoms with van der Waals surface area (Å²) >= 11 is 1.43. The first kappa shape index (κ1) is 24.1. The number of amides is 1. The van der Waals surface area contributed by atoms with Gasteiger partial charge in [0, 0.05) is 38.8 Å². The highest BCUT2D eigenvalue weighted by molar-refractivity contribution is 7.99. The average Bonchev–Trinajstić information content (AvgIpc) is 3.26. The van der Waals surface area contributed by atoms with Gasteiger partial charge in [-0.3, -0.25) is 9.59 Å². The number of aliphatic hydroxyl groups is 2. The molecule has 2 aromatic heterocycles. The summed E-state index contributed by atoms with van der Waals surface area (Å²) in [6.07, 6.45) is 0.496. The normalized spacial score (nSPS) is 21.3. The predicted octanol–water partition coefficient (Wildman–Crippen LogP) is 2.04. The van der Waals surface area contributed by atoms with E-state index in [0.717, 1.165) is 15.8 Å². The molecule has 3 aliphatic heterocycles. The quantitative estimate of drug-likeness (QED) is 0.345. The molecule has 0 bridgehead atoms. The van der Waals surface area contributed by atoms with E-state index in [1.807, 2.05) is 6.92 Å². The van der Waals surface area contributed by atoms with Crippen LogP contribution in [0.2, 0.25) is 0 Å². The largest absolute Gasteiger partial charge is 0.458 e. The molecule has 192 valence electrons. The molecule has 9 nitrogen and oxygen atoms in total. The topological polar surface area (TPSA) is 131 Å². The molecule has 0 unspecified atom stereocenters. The van der Waals surface area contributed by atoms with Gasteiger partial charge < -0.3 is 24.8 Å². The lowest BCUT2D eigenvalue weighted by Gasteiger charge is -2.31. The highest BCUT2D eigenvalue weighted by atomic mass is 32.2. The van der Waals surface area contributed by atoms with Gasteiger partial charge in [0.05, 0.1) is 35.1 Å². The fraction of sp³-hybridized carbons (Fsp3) is 0.385. The Labute approximate surface area is 214 Å². The maximum Gasteiger partial charge on any atom is 0.343 e. The van der Waals surface area contributed by atoms with Gasteiger partial charge in [0.1, 0.15) is 19.0 Å². The highest BCUT2D eigenvalue weighted by Crippen LogP contribution is 2.48. The molecule has 0 saturated heterocycles. The van der Waals surface area contributed by atoms with Crippen LogP contribution >= 0.6 is 11.8 Å². The molecule has 3 N–H and O–H groups in total. The number of carbonyl (C=O) groups is 2. The van der Waals surface area contributed by atoms with Crippen LogP contribution < -0.4 is 10.9 Å². The lowest BCUT2D eigenvalue weighted by atomic mass is 9.86. The summed E-state index contributed by atoms with van der Waals surface area (Å²) in [6.45, 7) is 2.74. The zero-order valence-corrected chi connectivity index (χ0v) is 21.0. The zero-order chi connectivity index (χ0) is 26.2. The van der Waals surface area contributed by atoms with Gasteiger partial charge in [-0.2, -0.15) is 0 Å². The number of hydrogen-bond donors (Lipinski definition) is 3. The number of halogens is 1. The monoisotopic (exact) mass is 525 g/mol. The number of rotatable bonds is 4. The van der Waals surface area contributed by atoms with Crippen LogP contribution in [0.25, 0.3) is 22.3 Å². The van der Waals surface area contributed by atoms with Crippen LogP contribution in [0, 0.1) is 5.82 Å². The second-order valence-electron chi connectivity index (χ2n) is 9.46. The number of aliphatic hydroxyl groups excluding tert-OH is 1. The van der Waals surface area contributed by atoms with Gasteiger partial charge in [-0.25, -0.2) is 14.2 Å². The molecule has 1 aromatic carbocycles. The van der Waals surface area contributed by atoms with Crippen LogP contribution in [0.5, 0.6) is 0 Å². The van der Waals surface area contributed by atoms with Crippen LogP contribution in [0.3, 0.4) is 0 Å². The Kier molecular flexibility index (Phi) is 5.45. The zero-order valence-electron chi connectivity index (χ0n) is 20.2. The number of carbonyl (C=O) groups excluding carboxylic acids is 2. The van der Waals surface area contributed by atoms with Gasteiger partial charge in [-0.15, -0.1) is 11.8 Å². The molecule has 0 radical (unpaired) electrons. The van der Waals surface area contributed by atoms with Crippen LogP contribution in [-0.2, 0) is 39.5 Å². The first-order valence-electron chi connectivity index (χ1n) is 12.1. The van der Waals surface area contributed by atoms with Crippen molar-refractivity contribution in [3.8, 4) is 11.4 Å². The molecule has 0 fully saturated rings. The summed E-state index contributed by atoms with van der Waals surface area (Å²) in [7, 11) is 0. The van der Waals surface area contributed by atoms with E-state index in [9.17, 15) is 24.6 Å². The Morgan fingerprint density at radius 1 is 1.32 bits per heavy atom. The van der Waals surface area contributed by atoms with Crippen molar-refractivity contribution in [2.45, 2.75) is 56.4 Å². The first-order chi connectivity index (χ1) is 17.7. The number of fused-ring (bicyclic) bond motifs is 5. The van der Waals surface area contributed by atoms with E-state index in [1.54, 1.807) is 13.0 Å². The third-order valence-corrected chi connectivity index (χ3v) is 8.84. The molecule has 1 amide bonds. The van der Waals surface area contributed by atoms with Crippen molar-refractivity contribution in [1.82, 2.24) is 14.9 Å². The minimum atomic E-state index is -1.96. The van der Waals surface area contributed by atoms with E-state index in [-0.39, 0.29) is 36.5 Å². The van der Waals surface area contributed by atoms with Crippen molar-refractivity contribution in [3.63, 3.8) is 0 Å². The standard InChI is InChI=1S/C26H24FN3O6S/c1-3-11-15(27)6-16-21-20(17(10-37-23(11)21)28-19(32)8-31)12-7-30-18(22(12)29-16)5-14-13(24(30)33)9-36-25(34)26(14,35)4-2/h5-6,17,31,35H,3-4,7-10H2,1-2H3,(H,28,32)/t17-,26-/m0/s1. The van der Waals surface area contributed by atoms with Crippen LogP contribution in [-0.4, -0.2) is 44.0 Å². The maximum atomic E-state index is 15.1. The lowest BCUT2D eigenvalue weighted by Crippen LogP contribution is -2.44. The van der Waals surface area contributed by atoms with E-state index in [4.69, 9.17) is 9.72 Å². The van der Waals surface area contributed by atoms with E-state index >= 15 is 4.39 Å². The molecule has 3 aliphatic rings. The number of esters is 1. The van der Waals surface area contributed by atoms with Gasteiger partial charge in [0.25, 0.3) is 5.56 Å². The van der Waals surface area contributed by atoms with Crippen molar-refractivity contribution >= 4 is 34.5 Å². The number of ether oxygens (including phenoxy) is 1. The molecular weight excluding hydrogens is 501 g/mol. The number of pyridine rings is 2. The van der Waals surface area contributed by atoms with Crippen molar-refractivity contribution in [2.75, 3.05) is 12.4 Å². The molecule has 3 aromatic rings. The summed E-state index contributed by atoms with van der Waals surface area (Å²) in [5.74, 6) is -1.32. The summed E-state index contributed by atoms with van der Waals surface area (Å²) in [5.41, 5.74) is 1.29. The van der Waals surface area contributed by atoms with E-state index < -0.39 is 35.7 Å². The molecule has 0 aliphatic carbocycles. The Bertz CT molecular complexity index is 1600. The van der Waals surface area contributed by atoms with Crippen molar-refractivity contribution < 1.29 is 28.9 Å². The second-order valence-corrected chi connectivity index (χ2v) is 10.5. The number of nitrogens with zero attached hydrogens (tertiary/aromatic N) is 2. The number of hydrogen-bond acceptors (Lipinski definition) is 8. The van der Waals surface area contributed by atoms with Gasteiger partial charge in [0.2, 0.25) is 5.91 Å². The maximum absolute atomic E-state index is 15.1. The van der Waals surface area contributed by atoms with Crippen LogP contribution in [0.4, 0.5) is 4.39 Å². The van der Waals surface area contributed by atoms with Gasteiger partial charge in [0.15, 0.2) is 5.60 Å². The number of aromatic nitrogens is 2. The fourth-order valence-electron chi connectivity index (χ4n) is 5.73. The molecule has 2 atom stereocenters. The molecule has 0 spiro atoms. The minimum absolute atomic E-state index is 0.0197. The average molecular weight is 526 g/mol. The van der Waals surface area contributed by atoms with E-state index in [1.165, 1.54) is 22.4 Å². The summed E-state index contributed by atoms with van der Waals surface area (Å²) in [5, 5.41) is 24.1. The Morgan fingerprint density at radius 2 is 2.11 bits per heavy atom. The Hall–Kier alpha value is -3.28. The summed E-state index contributed by atoms with van der Waals surface area (Å²) < 4.78 is 21.8. The van der Waals surface area contributed by atoms with Crippen molar-refractivity contribution in [3.05, 3.63) is 56.1 Å². The van der Waals surface area contributed by atoms with E-state index in [0.29, 0.717) is 40.2 Å². The van der Waals surface area contributed by atoms with Gasteiger partial charge in [-0.05, 0) is 24.5 Å². The Morgan fingerprint density at radius 3 is 2.81 bits per heavy atom. The third kappa shape index (κ3) is 3.23. The number of benzene rings is 1. The van der Waals surface area contributed by atoms with Gasteiger partial charge in [-0.1, -0.05) is 13.8 Å². The molecular formula is C26H24FN3O6S. The second kappa shape index (κ2) is 8.37. The van der Waals surface area contributed by atoms with Crippen molar-refractivity contribution in [1.29, 1.82) is 0 Å². The molecule has 5 heterocycles. The smallest absolute Gasteiger partial charge is 0.343 e.